The highest BCUT2D eigenvalue weighted by atomic mass is 32.2. The lowest BCUT2D eigenvalue weighted by molar-refractivity contribution is 0.102. The van der Waals surface area contributed by atoms with Gasteiger partial charge in [-0.2, -0.15) is 5.10 Å². The van der Waals surface area contributed by atoms with E-state index in [0.717, 1.165) is 0 Å². The second-order valence-electron chi connectivity index (χ2n) is 4.24. The molecule has 0 bridgehead atoms. The molecule has 3 N–H and O–H groups in total. The first-order valence-electron chi connectivity index (χ1n) is 5.83. The minimum atomic E-state index is -3.97. The predicted molar refractivity (Wildman–Crippen MR) is 75.5 cm³/mol. The molecular weight excluding hydrogens is 296 g/mol. The van der Waals surface area contributed by atoms with Crippen molar-refractivity contribution in [3.05, 3.63) is 36.0 Å². The molecule has 0 spiro atoms. The van der Waals surface area contributed by atoms with Crippen LogP contribution in [0, 0.1) is 0 Å². The number of carbonyl (C=O) groups excluding carboxylic acids is 1. The molecule has 0 atom stereocenters. The van der Waals surface area contributed by atoms with E-state index in [1.165, 1.54) is 25.0 Å². The highest BCUT2D eigenvalue weighted by Gasteiger charge is 2.20. The van der Waals surface area contributed by atoms with Gasteiger partial charge in [0, 0.05) is 18.8 Å². The fraction of sp³-hybridized carbons (Fsp3) is 0.167. The smallest absolute Gasteiger partial charge is 0.256 e. The summed E-state index contributed by atoms with van der Waals surface area (Å²) in [5, 5.41) is 11.4. The van der Waals surface area contributed by atoms with E-state index in [4.69, 9.17) is 9.88 Å². The first-order valence-corrected chi connectivity index (χ1v) is 7.38. The third kappa shape index (κ3) is 3.38. The molecule has 0 unspecified atom stereocenters. The maximum atomic E-state index is 12.1. The first-order chi connectivity index (χ1) is 9.81. The number of carbonyl (C=O) groups is 1. The Morgan fingerprint density at radius 2 is 1.95 bits per heavy atom. The monoisotopic (exact) mass is 310 g/mol. The van der Waals surface area contributed by atoms with Crippen LogP contribution in [0.15, 0.2) is 35.4 Å². The van der Waals surface area contributed by atoms with Crippen molar-refractivity contribution in [1.29, 1.82) is 0 Å². The van der Waals surface area contributed by atoms with E-state index in [1.807, 2.05) is 0 Å². The lowest BCUT2D eigenvalue weighted by Gasteiger charge is -2.05. The molecule has 0 saturated carbocycles. The van der Waals surface area contributed by atoms with Gasteiger partial charge in [0.1, 0.15) is 10.6 Å². The summed E-state index contributed by atoms with van der Waals surface area (Å²) < 4.78 is 29.1. The van der Waals surface area contributed by atoms with Gasteiger partial charge in [0.2, 0.25) is 10.0 Å². The van der Waals surface area contributed by atoms with Gasteiger partial charge in [0.15, 0.2) is 5.82 Å². The number of rotatable bonds is 4. The van der Waals surface area contributed by atoms with Crippen molar-refractivity contribution in [2.45, 2.75) is 4.90 Å². The van der Waals surface area contributed by atoms with Crippen LogP contribution < -0.4 is 15.2 Å². The number of sulfonamides is 1. The number of amides is 1. The van der Waals surface area contributed by atoms with Crippen molar-refractivity contribution >= 4 is 21.7 Å². The zero-order valence-electron chi connectivity index (χ0n) is 11.4. The molecule has 0 fully saturated rings. The van der Waals surface area contributed by atoms with E-state index in [1.54, 1.807) is 24.3 Å². The summed E-state index contributed by atoms with van der Waals surface area (Å²) in [6, 6.07) is 6.34. The third-order valence-corrected chi connectivity index (χ3v) is 3.60. The molecular formula is C12H14N4O4S. The summed E-state index contributed by atoms with van der Waals surface area (Å²) in [5.41, 5.74) is 0.335. The third-order valence-electron chi connectivity index (χ3n) is 2.69. The second kappa shape index (κ2) is 5.54. The van der Waals surface area contributed by atoms with E-state index in [9.17, 15) is 13.2 Å². The lowest BCUT2D eigenvalue weighted by atomic mass is 10.2. The number of benzene rings is 1. The van der Waals surface area contributed by atoms with Crippen LogP contribution in [0.3, 0.4) is 0 Å². The maximum absolute atomic E-state index is 12.1. The Kier molecular flexibility index (Phi) is 3.96. The molecule has 0 aliphatic heterocycles. The summed E-state index contributed by atoms with van der Waals surface area (Å²) in [7, 11) is -0.928. The van der Waals surface area contributed by atoms with Gasteiger partial charge in [-0.1, -0.05) is 0 Å². The molecule has 1 heterocycles. The molecule has 2 aromatic rings. The van der Waals surface area contributed by atoms with Crippen LogP contribution in [0.25, 0.3) is 0 Å². The van der Waals surface area contributed by atoms with Crippen molar-refractivity contribution in [1.82, 2.24) is 9.78 Å². The quantitative estimate of drug-likeness (QED) is 0.844. The Balaban J connectivity index is 2.27. The van der Waals surface area contributed by atoms with Gasteiger partial charge in [-0.05, 0) is 24.3 Å². The minimum absolute atomic E-state index is 0.110. The first kappa shape index (κ1) is 15.0. The Labute approximate surface area is 121 Å². The van der Waals surface area contributed by atoms with Crippen LogP contribution in [0.4, 0.5) is 5.82 Å². The van der Waals surface area contributed by atoms with Gasteiger partial charge in [-0.3, -0.25) is 9.48 Å². The highest BCUT2D eigenvalue weighted by Crippen LogP contribution is 2.19. The Hall–Kier alpha value is -2.39. The van der Waals surface area contributed by atoms with Gasteiger partial charge in [-0.25, -0.2) is 13.6 Å². The number of nitrogens with one attached hydrogen (secondary N) is 1. The largest absolute Gasteiger partial charge is 0.497 e. The Morgan fingerprint density at radius 3 is 2.48 bits per heavy atom. The fourth-order valence-corrected chi connectivity index (χ4v) is 2.34. The van der Waals surface area contributed by atoms with Crippen molar-refractivity contribution in [3.63, 3.8) is 0 Å². The van der Waals surface area contributed by atoms with Crippen molar-refractivity contribution < 1.29 is 17.9 Å². The van der Waals surface area contributed by atoms with Gasteiger partial charge >= 0.3 is 0 Å². The molecule has 1 aromatic heterocycles. The number of methoxy groups -OCH3 is 1. The fourth-order valence-electron chi connectivity index (χ4n) is 1.68. The normalized spacial score (nSPS) is 11.2. The van der Waals surface area contributed by atoms with E-state index in [-0.39, 0.29) is 10.7 Å². The van der Waals surface area contributed by atoms with Crippen LogP contribution in [0.1, 0.15) is 10.4 Å². The van der Waals surface area contributed by atoms with Crippen molar-refractivity contribution in [2.24, 2.45) is 12.2 Å². The zero-order valence-corrected chi connectivity index (χ0v) is 12.2. The van der Waals surface area contributed by atoms with E-state index in [2.05, 4.69) is 10.4 Å². The number of hydrogen-bond donors (Lipinski definition) is 2. The summed E-state index contributed by atoms with van der Waals surface area (Å²) in [6.07, 6.45) is 1.22. The van der Waals surface area contributed by atoms with Crippen LogP contribution in [-0.2, 0) is 17.1 Å². The summed E-state index contributed by atoms with van der Waals surface area (Å²) in [6.45, 7) is 0. The topological polar surface area (TPSA) is 116 Å². The standard InChI is InChI=1S/C12H14N4O4S/c1-16-7-10(21(13,18)19)11(15-16)14-12(17)8-3-5-9(20-2)6-4-8/h3-7H,1-2H3,(H2,13,18,19)(H,14,15,17). The Morgan fingerprint density at radius 1 is 1.33 bits per heavy atom. The molecule has 1 aromatic carbocycles. The average Bonchev–Trinajstić information content (AvgIpc) is 2.79. The maximum Gasteiger partial charge on any atom is 0.256 e. The van der Waals surface area contributed by atoms with Crippen LogP contribution in [0.5, 0.6) is 5.75 Å². The van der Waals surface area contributed by atoms with Gasteiger partial charge in [0.25, 0.3) is 5.91 Å². The molecule has 1 amide bonds. The van der Waals surface area contributed by atoms with E-state index < -0.39 is 15.9 Å². The number of anilines is 1. The summed E-state index contributed by atoms with van der Waals surface area (Å²) >= 11 is 0. The van der Waals surface area contributed by atoms with Gasteiger partial charge in [-0.15, -0.1) is 0 Å². The van der Waals surface area contributed by atoms with Crippen LogP contribution in [0.2, 0.25) is 0 Å². The van der Waals surface area contributed by atoms with E-state index in [0.29, 0.717) is 11.3 Å². The van der Waals surface area contributed by atoms with Crippen molar-refractivity contribution in [3.8, 4) is 5.75 Å². The number of ether oxygens (including phenoxy) is 1. The lowest BCUT2D eigenvalue weighted by Crippen LogP contribution is -2.17. The van der Waals surface area contributed by atoms with Crippen LogP contribution in [-0.4, -0.2) is 31.2 Å². The molecule has 8 nitrogen and oxygen atoms in total. The zero-order chi connectivity index (χ0) is 15.6. The molecule has 21 heavy (non-hydrogen) atoms. The molecule has 112 valence electrons. The molecule has 0 aliphatic rings. The highest BCUT2D eigenvalue weighted by molar-refractivity contribution is 7.89. The molecule has 2 rings (SSSR count). The van der Waals surface area contributed by atoms with Gasteiger partial charge < -0.3 is 10.1 Å². The molecule has 0 saturated heterocycles. The van der Waals surface area contributed by atoms with E-state index >= 15 is 0 Å². The van der Waals surface area contributed by atoms with Crippen molar-refractivity contribution in [2.75, 3.05) is 12.4 Å². The summed E-state index contributed by atoms with van der Waals surface area (Å²) in [5.74, 6) is -0.00307. The number of aryl methyl sites for hydroxylation is 1. The molecule has 0 aliphatic carbocycles. The number of hydrogen-bond acceptors (Lipinski definition) is 5. The molecule has 0 radical (unpaired) electrons. The minimum Gasteiger partial charge on any atom is -0.497 e. The Bertz CT molecular complexity index is 765. The SMILES string of the molecule is COc1ccc(C(=O)Nc2nn(C)cc2S(N)(=O)=O)cc1. The number of nitrogens with zero attached hydrogens (tertiary/aromatic N) is 2. The summed E-state index contributed by atoms with van der Waals surface area (Å²) in [4.78, 5) is 11.8. The second-order valence-corrected chi connectivity index (χ2v) is 5.77. The van der Waals surface area contributed by atoms with Gasteiger partial charge in [0.05, 0.1) is 7.11 Å². The predicted octanol–water partition coefficient (Wildman–Crippen LogP) is 0.328. The number of nitrogens with two attached hydrogens (primary N) is 1. The number of primary sulfonamides is 1. The molecule has 9 heteroatoms. The average molecular weight is 310 g/mol. The number of aromatic nitrogens is 2. The van der Waals surface area contributed by atoms with Crippen LogP contribution >= 0.6 is 0 Å².